The summed E-state index contributed by atoms with van der Waals surface area (Å²) in [6.07, 6.45) is 4.35. The molecular formula is C25H21BrN2. The molecule has 2 heterocycles. The van der Waals surface area contributed by atoms with Gasteiger partial charge in [0.15, 0.2) is 18.9 Å². The van der Waals surface area contributed by atoms with Gasteiger partial charge >= 0.3 is 0 Å². The molecule has 0 N–H and O–H groups in total. The summed E-state index contributed by atoms with van der Waals surface area (Å²) in [5.74, 6) is 0. The molecule has 5 aromatic rings. The number of hydrogen-bond acceptors (Lipinski definition) is 0. The summed E-state index contributed by atoms with van der Waals surface area (Å²) in [7, 11) is 0. The fourth-order valence-electron chi connectivity index (χ4n) is 3.85. The highest BCUT2D eigenvalue weighted by molar-refractivity contribution is 6.08. The number of para-hydroxylation sites is 2. The Morgan fingerprint density at radius 3 is 1.71 bits per heavy atom. The van der Waals surface area contributed by atoms with E-state index in [0.717, 1.165) is 13.1 Å². The molecule has 0 saturated heterocycles. The summed E-state index contributed by atoms with van der Waals surface area (Å²) in [6, 6.07) is 32.4. The van der Waals surface area contributed by atoms with Gasteiger partial charge in [0.2, 0.25) is 0 Å². The fourth-order valence-corrected chi connectivity index (χ4v) is 3.85. The van der Waals surface area contributed by atoms with Crippen LogP contribution in [0, 0.1) is 0 Å². The minimum absolute atomic E-state index is 0. The summed E-state index contributed by atoms with van der Waals surface area (Å²) in [5.41, 5.74) is 5.21. The van der Waals surface area contributed by atoms with Crippen molar-refractivity contribution in [1.82, 2.24) is 4.57 Å². The van der Waals surface area contributed by atoms with Crippen molar-refractivity contribution in [1.29, 1.82) is 0 Å². The second kappa shape index (κ2) is 7.99. The van der Waals surface area contributed by atoms with Gasteiger partial charge in [0.1, 0.15) is 0 Å². The molecule has 0 spiro atoms. The molecular weight excluding hydrogens is 408 g/mol. The van der Waals surface area contributed by atoms with Gasteiger partial charge in [-0.25, -0.2) is 4.57 Å². The first-order valence-electron chi connectivity index (χ1n) is 9.36. The summed E-state index contributed by atoms with van der Waals surface area (Å²) in [4.78, 5) is 0. The van der Waals surface area contributed by atoms with Crippen LogP contribution in [-0.4, -0.2) is 4.57 Å². The van der Waals surface area contributed by atoms with Gasteiger partial charge in [0.05, 0.1) is 0 Å². The Balaban J connectivity index is 0.00000192. The zero-order valence-corrected chi connectivity index (χ0v) is 17.1. The standard InChI is InChI=1S/C25H21N2.BrH/c1-2-8-20(9-3-1)18-26-16-14-21(15-17-26)19-27-24-12-6-4-10-22(24)23-11-5-7-13-25(23)27;/h1-17H,18-19H2;1H/q+1;/p-1. The van der Waals surface area contributed by atoms with Crippen LogP contribution in [0.1, 0.15) is 11.1 Å². The van der Waals surface area contributed by atoms with Crippen LogP contribution in [0.15, 0.2) is 103 Å². The number of fused-ring (bicyclic) bond motifs is 3. The first-order chi connectivity index (χ1) is 13.4. The Morgan fingerprint density at radius 2 is 1.11 bits per heavy atom. The van der Waals surface area contributed by atoms with E-state index in [9.17, 15) is 0 Å². The van der Waals surface area contributed by atoms with Crippen molar-refractivity contribution in [3.05, 3.63) is 115 Å². The Morgan fingerprint density at radius 1 is 0.571 bits per heavy atom. The van der Waals surface area contributed by atoms with E-state index >= 15 is 0 Å². The van der Waals surface area contributed by atoms with Gasteiger partial charge in [-0.15, -0.1) is 0 Å². The lowest BCUT2D eigenvalue weighted by Gasteiger charge is -2.07. The monoisotopic (exact) mass is 428 g/mol. The van der Waals surface area contributed by atoms with Crippen LogP contribution >= 0.6 is 0 Å². The van der Waals surface area contributed by atoms with Gasteiger partial charge in [0, 0.05) is 46.0 Å². The first kappa shape index (κ1) is 18.5. The lowest BCUT2D eigenvalue weighted by atomic mass is 10.2. The van der Waals surface area contributed by atoms with Gasteiger partial charge in [0.25, 0.3) is 0 Å². The van der Waals surface area contributed by atoms with Gasteiger partial charge in [-0.2, -0.15) is 0 Å². The van der Waals surface area contributed by atoms with E-state index in [4.69, 9.17) is 0 Å². The highest BCUT2D eigenvalue weighted by Crippen LogP contribution is 2.29. The number of benzene rings is 3. The summed E-state index contributed by atoms with van der Waals surface area (Å²) < 4.78 is 4.65. The Hall–Kier alpha value is -2.91. The third kappa shape index (κ3) is 3.46. The van der Waals surface area contributed by atoms with Gasteiger partial charge in [-0.05, 0) is 17.7 Å². The van der Waals surface area contributed by atoms with Crippen molar-refractivity contribution in [2.45, 2.75) is 13.1 Å². The smallest absolute Gasteiger partial charge is 0.173 e. The lowest BCUT2D eigenvalue weighted by molar-refractivity contribution is -0.688. The van der Waals surface area contributed by atoms with Crippen molar-refractivity contribution in [3.63, 3.8) is 0 Å². The molecule has 0 radical (unpaired) electrons. The fraction of sp³-hybridized carbons (Fsp3) is 0.0800. The molecule has 5 rings (SSSR count). The molecule has 28 heavy (non-hydrogen) atoms. The molecule has 0 aliphatic carbocycles. The van der Waals surface area contributed by atoms with E-state index in [-0.39, 0.29) is 17.0 Å². The summed E-state index contributed by atoms with van der Waals surface area (Å²) in [6.45, 7) is 1.77. The Labute approximate surface area is 175 Å². The zero-order chi connectivity index (χ0) is 18.1. The predicted octanol–water partition coefficient (Wildman–Crippen LogP) is 2.18. The quantitative estimate of drug-likeness (QED) is 0.388. The van der Waals surface area contributed by atoms with Crippen molar-refractivity contribution >= 4 is 21.8 Å². The maximum Gasteiger partial charge on any atom is 0.173 e. The first-order valence-corrected chi connectivity index (χ1v) is 9.36. The molecule has 3 aromatic carbocycles. The molecule has 0 bridgehead atoms. The molecule has 0 amide bonds. The topological polar surface area (TPSA) is 8.81 Å². The molecule has 3 heteroatoms. The second-order valence-corrected chi connectivity index (χ2v) is 6.98. The van der Waals surface area contributed by atoms with Crippen molar-refractivity contribution < 1.29 is 21.5 Å². The van der Waals surface area contributed by atoms with Crippen LogP contribution in [0.2, 0.25) is 0 Å². The molecule has 0 aliphatic rings. The lowest BCUT2D eigenvalue weighted by Crippen LogP contribution is -3.00. The highest BCUT2D eigenvalue weighted by atomic mass is 79.9. The molecule has 0 saturated carbocycles. The SMILES string of the molecule is [Br-].c1ccc(C[n+]2ccc(Cn3c4ccccc4c4ccccc43)cc2)cc1. The number of nitrogens with zero attached hydrogens (tertiary/aromatic N) is 2. The number of rotatable bonds is 4. The van der Waals surface area contributed by atoms with Gasteiger partial charge in [-0.3, -0.25) is 0 Å². The summed E-state index contributed by atoms with van der Waals surface area (Å²) >= 11 is 0. The van der Waals surface area contributed by atoms with Crippen LogP contribution in [0.3, 0.4) is 0 Å². The average Bonchev–Trinajstić information content (AvgIpc) is 3.04. The van der Waals surface area contributed by atoms with Crippen LogP contribution in [-0.2, 0) is 13.1 Å². The van der Waals surface area contributed by atoms with E-state index in [1.165, 1.54) is 32.9 Å². The Kier molecular flexibility index (Phi) is 5.27. The van der Waals surface area contributed by atoms with Crippen molar-refractivity contribution in [2.75, 3.05) is 0 Å². The molecule has 138 valence electrons. The van der Waals surface area contributed by atoms with E-state index in [0.29, 0.717) is 0 Å². The Bertz CT molecular complexity index is 1150. The molecule has 2 nitrogen and oxygen atoms in total. The van der Waals surface area contributed by atoms with Crippen molar-refractivity contribution in [3.8, 4) is 0 Å². The average molecular weight is 429 g/mol. The summed E-state index contributed by atoms with van der Waals surface area (Å²) in [5, 5.41) is 2.64. The maximum absolute atomic E-state index is 2.42. The maximum atomic E-state index is 2.42. The molecule has 0 fully saturated rings. The number of aromatic nitrogens is 2. The zero-order valence-electron chi connectivity index (χ0n) is 15.5. The second-order valence-electron chi connectivity index (χ2n) is 6.98. The van der Waals surface area contributed by atoms with Crippen LogP contribution in [0.4, 0.5) is 0 Å². The molecule has 0 aliphatic heterocycles. The van der Waals surface area contributed by atoms with Crippen LogP contribution < -0.4 is 21.5 Å². The minimum atomic E-state index is 0. The van der Waals surface area contributed by atoms with E-state index < -0.39 is 0 Å². The number of hydrogen-bond donors (Lipinski definition) is 0. The van der Waals surface area contributed by atoms with Gasteiger partial charge < -0.3 is 21.5 Å². The van der Waals surface area contributed by atoms with E-state index in [2.05, 4.69) is 113 Å². The third-order valence-corrected chi connectivity index (χ3v) is 5.19. The van der Waals surface area contributed by atoms with E-state index in [1.54, 1.807) is 0 Å². The third-order valence-electron chi connectivity index (χ3n) is 5.19. The number of pyridine rings is 1. The van der Waals surface area contributed by atoms with Crippen LogP contribution in [0.5, 0.6) is 0 Å². The van der Waals surface area contributed by atoms with Crippen LogP contribution in [0.25, 0.3) is 21.8 Å². The minimum Gasteiger partial charge on any atom is -1.00 e. The molecule has 0 atom stereocenters. The molecule has 0 unspecified atom stereocenters. The normalized spacial score (nSPS) is 10.9. The largest absolute Gasteiger partial charge is 1.00 e. The highest BCUT2D eigenvalue weighted by Gasteiger charge is 2.10. The van der Waals surface area contributed by atoms with Crippen molar-refractivity contribution in [2.24, 2.45) is 0 Å². The van der Waals surface area contributed by atoms with Gasteiger partial charge in [-0.1, -0.05) is 66.7 Å². The molecule has 2 aromatic heterocycles. The van der Waals surface area contributed by atoms with E-state index in [1.807, 2.05) is 0 Å². The predicted molar refractivity (Wildman–Crippen MR) is 111 cm³/mol. The number of halogens is 1.